The molecule has 6 heteroatoms. The zero-order valence-corrected chi connectivity index (χ0v) is 16.0. The molecule has 4 nitrogen and oxygen atoms in total. The Balaban J connectivity index is 2.25. The minimum atomic E-state index is -1.05. The normalized spacial score (nSPS) is 14.2. The van der Waals surface area contributed by atoms with Gasteiger partial charge in [0.2, 0.25) is 5.91 Å². The summed E-state index contributed by atoms with van der Waals surface area (Å²) < 4.78 is 13.3. The van der Waals surface area contributed by atoms with Gasteiger partial charge in [-0.1, -0.05) is 56.1 Å². The van der Waals surface area contributed by atoms with E-state index in [1.165, 1.54) is 12.1 Å². The van der Waals surface area contributed by atoms with Crippen LogP contribution in [0.5, 0.6) is 0 Å². The van der Waals surface area contributed by atoms with Crippen molar-refractivity contribution in [3.63, 3.8) is 0 Å². The highest BCUT2D eigenvalue weighted by molar-refractivity contribution is 6.30. The molecule has 144 valence electrons. The molecule has 0 saturated carbocycles. The summed E-state index contributed by atoms with van der Waals surface area (Å²) in [6, 6.07) is 12.1. The molecule has 0 unspecified atom stereocenters. The van der Waals surface area contributed by atoms with Gasteiger partial charge in [0.05, 0.1) is 0 Å². The fourth-order valence-electron chi connectivity index (χ4n) is 2.92. The second-order valence-corrected chi connectivity index (χ2v) is 7.07. The summed E-state index contributed by atoms with van der Waals surface area (Å²) in [5.74, 6) is -2.31. The number of carbonyl (C=O) groups excluding carboxylic acids is 1. The van der Waals surface area contributed by atoms with E-state index in [1.807, 2.05) is 19.1 Å². The summed E-state index contributed by atoms with van der Waals surface area (Å²) in [7, 11) is 0. The molecule has 27 heavy (non-hydrogen) atoms. The Morgan fingerprint density at radius 2 is 1.59 bits per heavy atom. The van der Waals surface area contributed by atoms with E-state index in [0.29, 0.717) is 11.4 Å². The van der Waals surface area contributed by atoms with Crippen LogP contribution in [0.3, 0.4) is 0 Å². The van der Waals surface area contributed by atoms with Gasteiger partial charge in [0, 0.05) is 17.4 Å². The SMILES string of the molecule is CC[C@@H](C)[C@H](NC(=O)C[C@@H](c1ccc(F)cc1)c1ccc(Cl)cc1)C(=O)O. The summed E-state index contributed by atoms with van der Waals surface area (Å²) in [5, 5.41) is 12.6. The minimum absolute atomic E-state index is 0.0491. The first kappa shape index (κ1) is 20.9. The number of halogens is 2. The van der Waals surface area contributed by atoms with E-state index in [0.717, 1.165) is 11.1 Å². The first-order chi connectivity index (χ1) is 12.8. The van der Waals surface area contributed by atoms with Crippen LogP contribution in [0.2, 0.25) is 5.02 Å². The van der Waals surface area contributed by atoms with Crippen molar-refractivity contribution >= 4 is 23.5 Å². The van der Waals surface area contributed by atoms with E-state index < -0.39 is 12.0 Å². The van der Waals surface area contributed by atoms with Crippen molar-refractivity contribution in [2.45, 2.75) is 38.6 Å². The third-order valence-corrected chi connectivity index (χ3v) is 4.98. The highest BCUT2D eigenvalue weighted by Gasteiger charge is 2.27. The standard InChI is InChI=1S/C21H23ClFNO3/c1-3-13(2)20(21(26)27)24-19(25)12-18(14-4-8-16(22)9-5-14)15-6-10-17(23)11-7-15/h4-11,13,18,20H,3,12H2,1-2H3,(H,24,25)(H,26,27)/t13-,18-,20+/m1/s1. The highest BCUT2D eigenvalue weighted by Crippen LogP contribution is 2.29. The lowest BCUT2D eigenvalue weighted by atomic mass is 9.88. The third kappa shape index (κ3) is 5.79. The van der Waals surface area contributed by atoms with Crippen molar-refractivity contribution in [3.05, 3.63) is 70.5 Å². The predicted molar refractivity (Wildman–Crippen MR) is 103 cm³/mol. The average Bonchev–Trinajstić information content (AvgIpc) is 2.65. The Labute approximate surface area is 163 Å². The molecule has 0 fully saturated rings. The van der Waals surface area contributed by atoms with E-state index in [-0.39, 0.29) is 30.0 Å². The maximum Gasteiger partial charge on any atom is 0.326 e. The van der Waals surface area contributed by atoms with Crippen LogP contribution in [0.15, 0.2) is 48.5 Å². The van der Waals surface area contributed by atoms with Gasteiger partial charge >= 0.3 is 5.97 Å². The number of carboxylic acid groups (broad SMARTS) is 1. The van der Waals surface area contributed by atoms with Crippen molar-refractivity contribution < 1.29 is 19.1 Å². The van der Waals surface area contributed by atoms with Crippen LogP contribution in [0.1, 0.15) is 43.7 Å². The van der Waals surface area contributed by atoms with Gasteiger partial charge in [-0.05, 0) is 41.3 Å². The summed E-state index contributed by atoms with van der Waals surface area (Å²) in [6.07, 6.45) is 0.684. The zero-order chi connectivity index (χ0) is 20.0. The molecular weight excluding hydrogens is 369 g/mol. The molecule has 2 rings (SSSR count). The molecule has 0 aliphatic rings. The molecule has 3 atom stereocenters. The average molecular weight is 392 g/mol. The maximum atomic E-state index is 13.3. The topological polar surface area (TPSA) is 66.4 Å². The highest BCUT2D eigenvalue weighted by atomic mass is 35.5. The molecule has 2 aromatic rings. The van der Waals surface area contributed by atoms with E-state index in [4.69, 9.17) is 11.6 Å². The van der Waals surface area contributed by atoms with Crippen LogP contribution in [-0.4, -0.2) is 23.0 Å². The molecule has 0 spiro atoms. The van der Waals surface area contributed by atoms with Crippen molar-refractivity contribution in [2.24, 2.45) is 5.92 Å². The van der Waals surface area contributed by atoms with Gasteiger partial charge in [0.25, 0.3) is 0 Å². The molecule has 0 bridgehead atoms. The fraction of sp³-hybridized carbons (Fsp3) is 0.333. The zero-order valence-electron chi connectivity index (χ0n) is 15.3. The Bertz CT molecular complexity index is 732. The van der Waals surface area contributed by atoms with E-state index in [2.05, 4.69) is 5.32 Å². The smallest absolute Gasteiger partial charge is 0.326 e. The van der Waals surface area contributed by atoms with Crippen LogP contribution in [0.4, 0.5) is 4.39 Å². The number of aliphatic carboxylic acids is 1. The van der Waals surface area contributed by atoms with E-state index in [9.17, 15) is 19.1 Å². The lowest BCUT2D eigenvalue weighted by Crippen LogP contribution is -2.45. The van der Waals surface area contributed by atoms with Crippen molar-refractivity contribution in [2.75, 3.05) is 0 Å². The molecule has 0 radical (unpaired) electrons. The van der Waals surface area contributed by atoms with Crippen LogP contribution >= 0.6 is 11.6 Å². The van der Waals surface area contributed by atoms with Crippen molar-refractivity contribution in [1.29, 1.82) is 0 Å². The molecule has 2 N–H and O–H groups in total. The van der Waals surface area contributed by atoms with Gasteiger partial charge in [-0.2, -0.15) is 0 Å². The second-order valence-electron chi connectivity index (χ2n) is 6.63. The summed E-state index contributed by atoms with van der Waals surface area (Å²) in [5.41, 5.74) is 1.61. The Kier molecular flexibility index (Phi) is 7.36. The van der Waals surface area contributed by atoms with E-state index in [1.54, 1.807) is 31.2 Å². The van der Waals surface area contributed by atoms with Gasteiger partial charge in [0.15, 0.2) is 0 Å². The lowest BCUT2D eigenvalue weighted by molar-refractivity contribution is -0.143. The van der Waals surface area contributed by atoms with Gasteiger partial charge in [-0.25, -0.2) is 9.18 Å². The van der Waals surface area contributed by atoms with Gasteiger partial charge in [0.1, 0.15) is 11.9 Å². The second kappa shape index (κ2) is 9.51. The van der Waals surface area contributed by atoms with Gasteiger partial charge in [-0.3, -0.25) is 4.79 Å². The number of hydrogen-bond acceptors (Lipinski definition) is 2. The predicted octanol–water partition coefficient (Wildman–Crippen LogP) is 4.62. The van der Waals surface area contributed by atoms with E-state index >= 15 is 0 Å². The molecule has 1 amide bonds. The number of benzene rings is 2. The van der Waals surface area contributed by atoms with Gasteiger partial charge in [-0.15, -0.1) is 0 Å². The quantitative estimate of drug-likeness (QED) is 0.690. The molecule has 2 aromatic carbocycles. The molecule has 0 aliphatic heterocycles. The number of carboxylic acids is 1. The number of amides is 1. The summed E-state index contributed by atoms with van der Waals surface area (Å²) in [6.45, 7) is 3.66. The molecule has 0 heterocycles. The summed E-state index contributed by atoms with van der Waals surface area (Å²) >= 11 is 5.95. The minimum Gasteiger partial charge on any atom is -0.480 e. The lowest BCUT2D eigenvalue weighted by Gasteiger charge is -2.23. The van der Waals surface area contributed by atoms with Crippen LogP contribution < -0.4 is 5.32 Å². The third-order valence-electron chi connectivity index (χ3n) is 4.73. The number of carbonyl (C=O) groups is 2. The number of hydrogen-bond donors (Lipinski definition) is 2. The van der Waals surface area contributed by atoms with Crippen molar-refractivity contribution in [3.8, 4) is 0 Å². The van der Waals surface area contributed by atoms with Crippen LogP contribution in [-0.2, 0) is 9.59 Å². The number of rotatable bonds is 8. The molecular formula is C21H23ClFNO3. The Hall–Kier alpha value is -2.40. The molecule has 0 aromatic heterocycles. The fourth-order valence-corrected chi connectivity index (χ4v) is 3.05. The Morgan fingerprint density at radius 3 is 2.07 bits per heavy atom. The molecule has 0 aliphatic carbocycles. The molecule has 0 saturated heterocycles. The monoisotopic (exact) mass is 391 g/mol. The summed E-state index contributed by atoms with van der Waals surface area (Å²) in [4.78, 5) is 24.1. The van der Waals surface area contributed by atoms with Crippen molar-refractivity contribution in [1.82, 2.24) is 5.32 Å². The first-order valence-electron chi connectivity index (χ1n) is 8.85. The first-order valence-corrected chi connectivity index (χ1v) is 9.22. The number of nitrogens with one attached hydrogen (secondary N) is 1. The van der Waals surface area contributed by atoms with Crippen LogP contribution in [0.25, 0.3) is 0 Å². The largest absolute Gasteiger partial charge is 0.480 e. The van der Waals surface area contributed by atoms with Gasteiger partial charge < -0.3 is 10.4 Å². The maximum absolute atomic E-state index is 13.3. The van der Waals surface area contributed by atoms with Crippen LogP contribution in [0, 0.1) is 11.7 Å². The Morgan fingerprint density at radius 1 is 1.07 bits per heavy atom.